The average Bonchev–Trinajstić information content (AvgIpc) is 4.22. The highest BCUT2D eigenvalue weighted by atomic mass is 127. The van der Waals surface area contributed by atoms with Crippen LogP contribution in [0.5, 0.6) is 5.75 Å². The molecule has 4 fully saturated rings. The van der Waals surface area contributed by atoms with Crippen LogP contribution in [0, 0.1) is 72.0 Å². The molecule has 2 amide bonds. The second kappa shape index (κ2) is 24.3. The normalized spacial score (nSPS) is 20.5. The second-order valence-corrected chi connectivity index (χ2v) is 21.3. The van der Waals surface area contributed by atoms with Gasteiger partial charge in [-0.05, 0) is 183 Å². The van der Waals surface area contributed by atoms with Crippen molar-refractivity contribution in [2.45, 2.75) is 137 Å². The van der Waals surface area contributed by atoms with E-state index in [0.717, 1.165) is 104 Å². The lowest BCUT2D eigenvalue weighted by atomic mass is 9.90. The van der Waals surface area contributed by atoms with Gasteiger partial charge < -0.3 is 29.3 Å². The number of likely N-dealkylation sites (tertiary alicyclic amines) is 2. The number of hydrogen-bond donors (Lipinski definition) is 1. The second-order valence-electron chi connectivity index (χ2n) is 20.2. The van der Waals surface area contributed by atoms with E-state index in [4.69, 9.17) is 24.7 Å². The van der Waals surface area contributed by atoms with Crippen molar-refractivity contribution in [3.63, 3.8) is 0 Å². The van der Waals surface area contributed by atoms with Gasteiger partial charge in [0.2, 0.25) is 0 Å². The fourth-order valence-electron chi connectivity index (χ4n) is 9.19. The lowest BCUT2D eigenvalue weighted by molar-refractivity contribution is 0.0164. The standard InChI is InChI=1S/C22H32N4O2.C15H26INO2.C14H14N4O/c1-15-24-18(13-19(14-23)25-15)7-5-6-17-12-20(17)16-8-10-26(11-9-16)21(27)28-22(2,3)4;1-15(2,3)19-14(18)17-8-5-11(6-9-17)13-10-12(13)4-7-16;1-10-17-12(8-15)7-14(18-10)16-9-11-3-5-13(19-2)6-4-11/h13,16-17,20H,5-12H2,1-4H3;11-13H,4-10H2,1-3H3;3-7H,9H2,1-2H3,(H,16,17,18). The predicted molar refractivity (Wildman–Crippen MR) is 264 cm³/mol. The van der Waals surface area contributed by atoms with Crippen molar-refractivity contribution in [2.24, 2.45) is 35.5 Å². The molecule has 4 aliphatic rings. The molecule has 1 aromatic carbocycles. The Labute approximate surface area is 407 Å². The van der Waals surface area contributed by atoms with E-state index in [-0.39, 0.29) is 17.8 Å². The van der Waals surface area contributed by atoms with Crippen molar-refractivity contribution in [1.29, 1.82) is 10.5 Å². The first kappa shape index (κ1) is 52.2. The molecule has 2 aliphatic carbocycles. The van der Waals surface area contributed by atoms with E-state index in [2.05, 4.69) is 53.9 Å². The minimum Gasteiger partial charge on any atom is -0.497 e. The summed E-state index contributed by atoms with van der Waals surface area (Å²) in [6.45, 7) is 19.2. The van der Waals surface area contributed by atoms with Gasteiger partial charge in [0, 0.05) is 44.5 Å². The number of nitrogens with one attached hydrogen (secondary N) is 1. The van der Waals surface area contributed by atoms with Crippen LogP contribution in [0.3, 0.4) is 0 Å². The summed E-state index contributed by atoms with van der Waals surface area (Å²) in [4.78, 5) is 44.7. The average molecular weight is 1020 g/mol. The van der Waals surface area contributed by atoms with Crippen molar-refractivity contribution in [1.82, 2.24) is 29.7 Å². The Hall–Kier alpha value is -4.77. The van der Waals surface area contributed by atoms with E-state index in [0.29, 0.717) is 35.4 Å². The summed E-state index contributed by atoms with van der Waals surface area (Å²) in [5.41, 5.74) is 2.11. The summed E-state index contributed by atoms with van der Waals surface area (Å²) in [6.07, 6.45) is 11.6. The van der Waals surface area contributed by atoms with Crippen LogP contribution in [0.1, 0.15) is 134 Å². The van der Waals surface area contributed by atoms with Gasteiger partial charge in [-0.2, -0.15) is 10.5 Å². The highest BCUT2D eigenvalue weighted by Crippen LogP contribution is 2.51. The first-order valence-electron chi connectivity index (χ1n) is 23.8. The van der Waals surface area contributed by atoms with Crippen LogP contribution in [0.25, 0.3) is 0 Å². The highest BCUT2D eigenvalue weighted by Gasteiger charge is 2.44. The third-order valence-electron chi connectivity index (χ3n) is 12.6. The Morgan fingerprint density at radius 1 is 0.742 bits per heavy atom. The maximum absolute atomic E-state index is 12.2. The van der Waals surface area contributed by atoms with Crippen LogP contribution in [0.15, 0.2) is 36.4 Å². The fourth-order valence-corrected chi connectivity index (χ4v) is 9.99. The van der Waals surface area contributed by atoms with Crippen molar-refractivity contribution >= 4 is 40.6 Å². The zero-order valence-corrected chi connectivity index (χ0v) is 42.9. The number of piperidine rings is 2. The van der Waals surface area contributed by atoms with Gasteiger partial charge in [-0.3, -0.25) is 0 Å². The molecule has 358 valence electrons. The minimum atomic E-state index is -0.425. The number of nitrogens with zero attached hydrogens (tertiary/aromatic N) is 8. The number of hydrogen-bond acceptors (Lipinski definition) is 12. The molecular weight excluding hydrogens is 946 g/mol. The van der Waals surface area contributed by atoms with Gasteiger partial charge in [-0.25, -0.2) is 29.5 Å². The van der Waals surface area contributed by atoms with Crippen molar-refractivity contribution in [3.05, 3.63) is 70.7 Å². The molecule has 14 nitrogen and oxygen atoms in total. The maximum Gasteiger partial charge on any atom is 0.410 e. The fraction of sp³-hybridized carbons (Fsp3) is 0.647. The SMILES string of the molecule is CC(C)(C)OC(=O)N1CCC(C2CC2CCI)CC1.COc1ccc(CNc2cc(C#N)nc(C)n2)cc1.Cc1nc(C#N)cc(CCCC2CC2C2CCN(C(=O)OC(C)(C)C)CC2)n1. The number of aryl methyl sites for hydroxylation is 3. The Kier molecular flexibility index (Phi) is 19.2. The number of benzene rings is 1. The van der Waals surface area contributed by atoms with Crippen LogP contribution >= 0.6 is 22.6 Å². The molecule has 4 atom stereocenters. The van der Waals surface area contributed by atoms with Crippen molar-refractivity contribution in [3.8, 4) is 17.9 Å². The molecule has 3 aromatic rings. The van der Waals surface area contributed by atoms with Gasteiger partial charge in [0.05, 0.1) is 7.11 Å². The van der Waals surface area contributed by atoms with E-state index in [1.807, 2.05) is 94.7 Å². The number of amides is 2. The lowest BCUT2D eigenvalue weighted by Crippen LogP contribution is -2.42. The monoisotopic (exact) mass is 1020 g/mol. The number of nitriles is 2. The Balaban J connectivity index is 0.000000191. The molecule has 2 saturated carbocycles. The molecule has 4 heterocycles. The third-order valence-corrected chi connectivity index (χ3v) is 13.2. The van der Waals surface area contributed by atoms with Gasteiger partial charge in [0.15, 0.2) is 0 Å². The third kappa shape index (κ3) is 17.5. The Morgan fingerprint density at radius 2 is 1.23 bits per heavy atom. The van der Waals surface area contributed by atoms with E-state index in [1.165, 1.54) is 43.0 Å². The summed E-state index contributed by atoms with van der Waals surface area (Å²) in [5.74, 6) is 7.91. The molecule has 66 heavy (non-hydrogen) atoms. The number of rotatable bonds is 12. The molecule has 2 aliphatic heterocycles. The summed E-state index contributed by atoms with van der Waals surface area (Å²) in [7, 11) is 1.64. The van der Waals surface area contributed by atoms with E-state index in [9.17, 15) is 9.59 Å². The number of aromatic nitrogens is 4. The first-order chi connectivity index (χ1) is 31.4. The topological polar surface area (TPSA) is 179 Å². The molecule has 0 bridgehead atoms. The van der Waals surface area contributed by atoms with Crippen LogP contribution < -0.4 is 10.1 Å². The van der Waals surface area contributed by atoms with Crippen LogP contribution in [-0.2, 0) is 22.4 Å². The number of alkyl halides is 1. The van der Waals surface area contributed by atoms with Crippen LogP contribution in [-0.4, -0.2) is 90.8 Å². The Bertz CT molecular complexity index is 2130. The maximum atomic E-state index is 12.2. The van der Waals surface area contributed by atoms with Crippen molar-refractivity contribution < 1.29 is 23.8 Å². The molecular formula is C51H72IN9O5. The smallest absolute Gasteiger partial charge is 0.410 e. The van der Waals surface area contributed by atoms with E-state index < -0.39 is 5.60 Å². The highest BCUT2D eigenvalue weighted by molar-refractivity contribution is 14.1. The summed E-state index contributed by atoms with van der Waals surface area (Å²) >= 11 is 2.48. The number of carbonyl (C=O) groups excluding carboxylic acids is 2. The first-order valence-corrected chi connectivity index (χ1v) is 25.3. The number of anilines is 1. The predicted octanol–water partition coefficient (Wildman–Crippen LogP) is 10.6. The molecule has 0 spiro atoms. The summed E-state index contributed by atoms with van der Waals surface area (Å²) in [6, 6.07) is 15.3. The van der Waals surface area contributed by atoms with Crippen molar-refractivity contribution in [2.75, 3.05) is 43.0 Å². The number of ether oxygens (including phenoxy) is 3. The lowest BCUT2D eigenvalue weighted by Gasteiger charge is -2.33. The number of methoxy groups -OCH3 is 1. The quantitative estimate of drug-likeness (QED) is 0.134. The van der Waals surface area contributed by atoms with Crippen LogP contribution in [0.4, 0.5) is 15.4 Å². The molecule has 4 unspecified atom stereocenters. The molecule has 1 N–H and O–H groups in total. The van der Waals surface area contributed by atoms with Crippen LogP contribution in [0.2, 0.25) is 0 Å². The van der Waals surface area contributed by atoms with Gasteiger partial charge >= 0.3 is 12.2 Å². The van der Waals surface area contributed by atoms with E-state index >= 15 is 0 Å². The Morgan fingerprint density at radius 3 is 1.70 bits per heavy atom. The van der Waals surface area contributed by atoms with E-state index in [1.54, 1.807) is 20.1 Å². The molecule has 2 saturated heterocycles. The van der Waals surface area contributed by atoms with Gasteiger partial charge in [-0.15, -0.1) is 0 Å². The number of halogens is 1. The minimum absolute atomic E-state index is 0.134. The zero-order chi connectivity index (χ0) is 48.0. The summed E-state index contributed by atoms with van der Waals surface area (Å²) < 4.78 is 17.3. The van der Waals surface area contributed by atoms with Gasteiger partial charge in [-0.1, -0.05) is 34.7 Å². The largest absolute Gasteiger partial charge is 0.497 e. The molecule has 7 rings (SSSR count). The van der Waals surface area contributed by atoms with Gasteiger partial charge in [0.25, 0.3) is 0 Å². The summed E-state index contributed by atoms with van der Waals surface area (Å²) in [5, 5.41) is 21.0. The molecule has 2 aromatic heterocycles. The zero-order valence-electron chi connectivity index (χ0n) is 40.7. The van der Waals surface area contributed by atoms with Gasteiger partial charge in [0.1, 0.15) is 57.9 Å². The molecule has 0 radical (unpaired) electrons. The molecule has 15 heteroatoms. The number of carbonyl (C=O) groups is 2.